The summed E-state index contributed by atoms with van der Waals surface area (Å²) in [6.45, 7) is 0.823. The Bertz CT molecular complexity index is 598. The Labute approximate surface area is 112 Å². The molecule has 1 amide bonds. The van der Waals surface area contributed by atoms with Crippen LogP contribution in [0.1, 0.15) is 34.9 Å². The summed E-state index contributed by atoms with van der Waals surface area (Å²) in [6.07, 6.45) is 7.84. The Hall–Kier alpha value is -2.04. The van der Waals surface area contributed by atoms with Gasteiger partial charge in [-0.05, 0) is 25.0 Å². The van der Waals surface area contributed by atoms with E-state index in [0.717, 1.165) is 30.6 Å². The molecule has 0 radical (unpaired) electrons. The van der Waals surface area contributed by atoms with Crippen molar-refractivity contribution < 1.29 is 4.79 Å². The van der Waals surface area contributed by atoms with Crippen molar-refractivity contribution in [1.82, 2.24) is 19.2 Å². The molecular formula is C14H18N4O. The van der Waals surface area contributed by atoms with E-state index >= 15 is 0 Å². The second kappa shape index (κ2) is 4.57. The van der Waals surface area contributed by atoms with Gasteiger partial charge >= 0.3 is 0 Å². The fourth-order valence-corrected chi connectivity index (χ4v) is 2.80. The molecule has 3 heterocycles. The summed E-state index contributed by atoms with van der Waals surface area (Å²) in [7, 11) is 3.81. The molecule has 0 saturated carbocycles. The standard InChI is InChI=1S/C14H18N4O/c1-16-7-3-6-13(16)14(19)18-8-4-5-12(18)11-9-15-17(2)10-11/h3,6-7,9-10,12H,4-5,8H2,1-2H3/t12-/m1/s1. The molecule has 1 fully saturated rings. The van der Waals surface area contributed by atoms with Crippen molar-refractivity contribution in [3.8, 4) is 0 Å². The molecule has 0 aliphatic carbocycles. The number of likely N-dealkylation sites (tertiary alicyclic amines) is 1. The Morgan fingerprint density at radius 1 is 1.42 bits per heavy atom. The van der Waals surface area contributed by atoms with Crippen LogP contribution in [0.5, 0.6) is 0 Å². The van der Waals surface area contributed by atoms with Crippen molar-refractivity contribution in [1.29, 1.82) is 0 Å². The van der Waals surface area contributed by atoms with Crippen molar-refractivity contribution in [2.75, 3.05) is 6.54 Å². The molecule has 2 aromatic rings. The number of aryl methyl sites for hydroxylation is 2. The summed E-state index contributed by atoms with van der Waals surface area (Å²) in [4.78, 5) is 14.6. The van der Waals surface area contributed by atoms with Gasteiger partial charge in [-0.2, -0.15) is 5.10 Å². The minimum atomic E-state index is 0.110. The average Bonchev–Trinajstić information content (AvgIpc) is 3.07. The van der Waals surface area contributed by atoms with Gasteiger partial charge in [-0.3, -0.25) is 9.48 Å². The van der Waals surface area contributed by atoms with Gasteiger partial charge in [0.05, 0.1) is 12.2 Å². The zero-order valence-corrected chi connectivity index (χ0v) is 11.3. The van der Waals surface area contributed by atoms with E-state index in [4.69, 9.17) is 0 Å². The number of rotatable bonds is 2. The second-order valence-electron chi connectivity index (χ2n) is 5.11. The Morgan fingerprint density at radius 2 is 2.26 bits per heavy atom. The van der Waals surface area contributed by atoms with Crippen LogP contribution in [0.3, 0.4) is 0 Å². The van der Waals surface area contributed by atoms with Crippen LogP contribution in [0, 0.1) is 0 Å². The molecule has 19 heavy (non-hydrogen) atoms. The Balaban J connectivity index is 1.88. The zero-order chi connectivity index (χ0) is 13.4. The van der Waals surface area contributed by atoms with Crippen LogP contribution in [0.15, 0.2) is 30.7 Å². The lowest BCUT2D eigenvalue weighted by Gasteiger charge is -2.24. The number of carbonyl (C=O) groups is 1. The topological polar surface area (TPSA) is 43.1 Å². The predicted octanol–water partition coefficient (Wildman–Crippen LogP) is 1.74. The average molecular weight is 258 g/mol. The van der Waals surface area contributed by atoms with E-state index in [1.807, 2.05) is 54.3 Å². The first-order chi connectivity index (χ1) is 9.16. The van der Waals surface area contributed by atoms with Gasteiger partial charge in [0.25, 0.3) is 5.91 Å². The third-order valence-corrected chi connectivity index (χ3v) is 3.79. The molecule has 0 aromatic carbocycles. The first-order valence-corrected chi connectivity index (χ1v) is 6.57. The van der Waals surface area contributed by atoms with Crippen LogP contribution in [0.4, 0.5) is 0 Å². The van der Waals surface area contributed by atoms with E-state index in [2.05, 4.69) is 5.10 Å². The maximum Gasteiger partial charge on any atom is 0.270 e. The van der Waals surface area contributed by atoms with Gasteiger partial charge in [0.1, 0.15) is 5.69 Å². The summed E-state index contributed by atoms with van der Waals surface area (Å²) in [5.74, 6) is 0.110. The number of aromatic nitrogens is 3. The van der Waals surface area contributed by atoms with Crippen LogP contribution >= 0.6 is 0 Å². The Kier molecular flexibility index (Phi) is 2.89. The molecule has 1 atom stereocenters. The quantitative estimate of drug-likeness (QED) is 0.823. The summed E-state index contributed by atoms with van der Waals surface area (Å²) >= 11 is 0. The van der Waals surface area contributed by atoms with E-state index < -0.39 is 0 Å². The van der Waals surface area contributed by atoms with Gasteiger partial charge in [-0.15, -0.1) is 0 Å². The fourth-order valence-electron chi connectivity index (χ4n) is 2.80. The molecule has 100 valence electrons. The van der Waals surface area contributed by atoms with E-state index in [1.165, 1.54) is 0 Å². The minimum absolute atomic E-state index is 0.110. The van der Waals surface area contributed by atoms with Crippen LogP contribution < -0.4 is 0 Å². The summed E-state index contributed by atoms with van der Waals surface area (Å²) in [5.41, 5.74) is 1.87. The Morgan fingerprint density at radius 3 is 2.89 bits per heavy atom. The van der Waals surface area contributed by atoms with Crippen molar-refractivity contribution in [3.63, 3.8) is 0 Å². The zero-order valence-electron chi connectivity index (χ0n) is 11.3. The summed E-state index contributed by atoms with van der Waals surface area (Å²) in [5, 5.41) is 4.21. The van der Waals surface area contributed by atoms with Gasteiger partial charge in [0, 0.05) is 38.6 Å². The highest BCUT2D eigenvalue weighted by Crippen LogP contribution is 2.32. The first-order valence-electron chi connectivity index (χ1n) is 6.57. The lowest BCUT2D eigenvalue weighted by atomic mass is 10.1. The van der Waals surface area contributed by atoms with Gasteiger partial charge in [-0.1, -0.05) is 0 Å². The molecule has 0 unspecified atom stereocenters. The number of hydrogen-bond donors (Lipinski definition) is 0. The van der Waals surface area contributed by atoms with E-state index in [1.54, 1.807) is 4.68 Å². The maximum absolute atomic E-state index is 12.6. The molecule has 1 aliphatic heterocycles. The number of carbonyl (C=O) groups excluding carboxylic acids is 1. The van der Waals surface area contributed by atoms with Crippen LogP contribution in [0.2, 0.25) is 0 Å². The molecule has 0 spiro atoms. The summed E-state index contributed by atoms with van der Waals surface area (Å²) < 4.78 is 3.67. The minimum Gasteiger partial charge on any atom is -0.347 e. The lowest BCUT2D eigenvalue weighted by molar-refractivity contribution is 0.0726. The molecule has 3 rings (SSSR count). The largest absolute Gasteiger partial charge is 0.347 e. The van der Waals surface area contributed by atoms with Gasteiger partial charge in [0.2, 0.25) is 0 Å². The van der Waals surface area contributed by atoms with Gasteiger partial charge < -0.3 is 9.47 Å². The molecule has 5 nitrogen and oxygen atoms in total. The van der Waals surface area contributed by atoms with E-state index in [-0.39, 0.29) is 11.9 Å². The van der Waals surface area contributed by atoms with Crippen molar-refractivity contribution in [2.24, 2.45) is 14.1 Å². The third-order valence-electron chi connectivity index (χ3n) is 3.79. The number of hydrogen-bond acceptors (Lipinski definition) is 2. The van der Waals surface area contributed by atoms with Crippen LogP contribution in [0.25, 0.3) is 0 Å². The molecule has 5 heteroatoms. The lowest BCUT2D eigenvalue weighted by Crippen LogP contribution is -2.31. The normalized spacial score (nSPS) is 19.1. The maximum atomic E-state index is 12.6. The van der Waals surface area contributed by atoms with E-state index in [0.29, 0.717) is 0 Å². The number of nitrogens with zero attached hydrogens (tertiary/aromatic N) is 4. The monoisotopic (exact) mass is 258 g/mol. The second-order valence-corrected chi connectivity index (χ2v) is 5.11. The number of amides is 1. The highest BCUT2D eigenvalue weighted by Gasteiger charge is 2.32. The van der Waals surface area contributed by atoms with Crippen molar-refractivity contribution in [3.05, 3.63) is 42.0 Å². The summed E-state index contributed by atoms with van der Waals surface area (Å²) in [6, 6.07) is 3.94. The molecule has 0 N–H and O–H groups in total. The van der Waals surface area contributed by atoms with Gasteiger partial charge in [0.15, 0.2) is 0 Å². The fraction of sp³-hybridized carbons (Fsp3) is 0.429. The predicted molar refractivity (Wildman–Crippen MR) is 71.6 cm³/mol. The van der Waals surface area contributed by atoms with Crippen LogP contribution in [-0.2, 0) is 14.1 Å². The SMILES string of the molecule is Cn1cc([C@H]2CCCN2C(=O)c2cccn2C)cn1. The molecular weight excluding hydrogens is 240 g/mol. The van der Waals surface area contributed by atoms with Crippen molar-refractivity contribution in [2.45, 2.75) is 18.9 Å². The third kappa shape index (κ3) is 2.05. The first kappa shape index (κ1) is 12.0. The highest BCUT2D eigenvalue weighted by atomic mass is 16.2. The molecule has 0 bridgehead atoms. The van der Waals surface area contributed by atoms with Crippen LogP contribution in [-0.4, -0.2) is 31.7 Å². The smallest absolute Gasteiger partial charge is 0.270 e. The molecule has 1 aliphatic rings. The van der Waals surface area contributed by atoms with Gasteiger partial charge in [-0.25, -0.2) is 0 Å². The van der Waals surface area contributed by atoms with Crippen molar-refractivity contribution >= 4 is 5.91 Å². The molecule has 1 saturated heterocycles. The molecule has 2 aromatic heterocycles. The van der Waals surface area contributed by atoms with E-state index in [9.17, 15) is 4.79 Å². The highest BCUT2D eigenvalue weighted by molar-refractivity contribution is 5.93.